The molecule has 0 fully saturated rings. The van der Waals surface area contributed by atoms with Crippen LogP contribution in [0.1, 0.15) is 16.8 Å². The summed E-state index contributed by atoms with van der Waals surface area (Å²) < 4.78 is 4.99. The van der Waals surface area contributed by atoms with Gasteiger partial charge in [0.25, 0.3) is 17.3 Å². The molecule has 10 heteroatoms. The zero-order valence-corrected chi connectivity index (χ0v) is 13.3. The molecule has 0 aromatic heterocycles. The smallest absolute Gasteiger partial charge is 0.312 e. The van der Waals surface area contributed by atoms with E-state index in [9.17, 15) is 29.8 Å². The van der Waals surface area contributed by atoms with Gasteiger partial charge in [0.15, 0.2) is 0 Å². The lowest BCUT2D eigenvalue weighted by atomic mass is 10.2. The van der Waals surface area contributed by atoms with Crippen LogP contribution in [0, 0.1) is 20.2 Å². The van der Waals surface area contributed by atoms with Gasteiger partial charge in [0.1, 0.15) is 5.75 Å². The summed E-state index contributed by atoms with van der Waals surface area (Å²) in [7, 11) is 0. The van der Waals surface area contributed by atoms with Gasteiger partial charge >= 0.3 is 5.97 Å². The molecule has 2 rings (SSSR count). The van der Waals surface area contributed by atoms with Crippen molar-refractivity contribution in [3.63, 3.8) is 0 Å². The molecular weight excluding hydrogens is 346 g/mol. The van der Waals surface area contributed by atoms with E-state index in [1.54, 1.807) is 0 Å². The lowest BCUT2D eigenvalue weighted by Crippen LogP contribution is -2.27. The third-order valence-corrected chi connectivity index (χ3v) is 3.23. The van der Waals surface area contributed by atoms with Gasteiger partial charge in [-0.25, -0.2) is 0 Å². The van der Waals surface area contributed by atoms with Crippen molar-refractivity contribution in [2.75, 3.05) is 6.54 Å². The summed E-state index contributed by atoms with van der Waals surface area (Å²) in [6.07, 6.45) is -0.115. The van der Waals surface area contributed by atoms with E-state index >= 15 is 0 Å². The topological polar surface area (TPSA) is 142 Å². The Morgan fingerprint density at radius 2 is 1.38 bits per heavy atom. The minimum absolute atomic E-state index is 0.00162. The summed E-state index contributed by atoms with van der Waals surface area (Å²) in [6, 6.07) is 10.0. The van der Waals surface area contributed by atoms with Gasteiger partial charge in [-0.05, 0) is 24.3 Å². The van der Waals surface area contributed by atoms with Gasteiger partial charge in [-0.1, -0.05) is 0 Å². The van der Waals surface area contributed by atoms with Gasteiger partial charge in [0, 0.05) is 36.4 Å². The molecule has 26 heavy (non-hydrogen) atoms. The third-order valence-electron chi connectivity index (χ3n) is 3.23. The van der Waals surface area contributed by atoms with Gasteiger partial charge in [-0.3, -0.25) is 29.8 Å². The van der Waals surface area contributed by atoms with Crippen molar-refractivity contribution in [3.05, 3.63) is 74.3 Å². The fourth-order valence-corrected chi connectivity index (χ4v) is 1.93. The molecular formula is C16H13N3O7. The molecule has 0 aliphatic heterocycles. The van der Waals surface area contributed by atoms with Crippen molar-refractivity contribution in [1.82, 2.24) is 5.32 Å². The Kier molecular flexibility index (Phi) is 5.93. The average Bonchev–Trinajstić information content (AvgIpc) is 2.62. The van der Waals surface area contributed by atoms with Crippen LogP contribution in [-0.4, -0.2) is 28.3 Å². The van der Waals surface area contributed by atoms with E-state index in [0.29, 0.717) is 0 Å². The van der Waals surface area contributed by atoms with Crippen molar-refractivity contribution >= 4 is 23.3 Å². The normalized spacial score (nSPS) is 10.0. The predicted octanol–water partition coefficient (Wildman–Crippen LogP) is 2.23. The van der Waals surface area contributed by atoms with Crippen molar-refractivity contribution in [1.29, 1.82) is 0 Å². The number of nitro groups is 2. The third kappa shape index (κ3) is 5.09. The standard InChI is InChI=1S/C16H13N3O7/c20-15(26-14-7-5-13(6-8-14)19(24)25)9-10-17-16(21)11-1-3-12(4-2-11)18(22)23/h1-8H,9-10H2,(H,17,21). The highest BCUT2D eigenvalue weighted by atomic mass is 16.6. The highest BCUT2D eigenvalue weighted by molar-refractivity contribution is 5.94. The molecule has 0 unspecified atom stereocenters. The first kappa shape index (κ1) is 18.5. The summed E-state index contributed by atoms with van der Waals surface area (Å²) in [5.41, 5.74) is -0.0345. The first-order chi connectivity index (χ1) is 12.4. The summed E-state index contributed by atoms with van der Waals surface area (Å²) in [4.78, 5) is 43.5. The number of hydrogen-bond donors (Lipinski definition) is 1. The van der Waals surface area contributed by atoms with E-state index in [1.165, 1.54) is 48.5 Å². The van der Waals surface area contributed by atoms with Crippen LogP contribution in [-0.2, 0) is 4.79 Å². The molecule has 2 aromatic carbocycles. The van der Waals surface area contributed by atoms with E-state index in [4.69, 9.17) is 4.74 Å². The van der Waals surface area contributed by atoms with Gasteiger partial charge in [-0.2, -0.15) is 0 Å². The molecule has 0 heterocycles. The van der Waals surface area contributed by atoms with Crippen LogP contribution in [0.25, 0.3) is 0 Å². The van der Waals surface area contributed by atoms with Crippen molar-refractivity contribution < 1.29 is 24.2 Å². The summed E-state index contributed by atoms with van der Waals surface area (Å²) in [5, 5.41) is 23.6. The SMILES string of the molecule is O=C(CCNC(=O)c1ccc([N+](=O)[O-])cc1)Oc1ccc([N+](=O)[O-])cc1. The number of benzene rings is 2. The molecule has 0 aliphatic carbocycles. The Labute approximate surface area is 146 Å². The van der Waals surface area contributed by atoms with Crippen molar-refractivity contribution in [2.45, 2.75) is 6.42 Å². The van der Waals surface area contributed by atoms with E-state index in [1.807, 2.05) is 0 Å². The van der Waals surface area contributed by atoms with E-state index in [0.717, 1.165) is 0 Å². The fourth-order valence-electron chi connectivity index (χ4n) is 1.93. The molecule has 0 radical (unpaired) electrons. The number of esters is 1. The largest absolute Gasteiger partial charge is 0.426 e. The van der Waals surface area contributed by atoms with Crippen LogP contribution < -0.4 is 10.1 Å². The molecule has 0 spiro atoms. The number of carbonyl (C=O) groups excluding carboxylic acids is 2. The number of nitrogens with zero attached hydrogens (tertiary/aromatic N) is 2. The minimum Gasteiger partial charge on any atom is -0.426 e. The molecule has 0 aliphatic rings. The zero-order chi connectivity index (χ0) is 19.1. The summed E-state index contributed by atoms with van der Waals surface area (Å²) in [6.45, 7) is 0.00162. The quantitative estimate of drug-likeness (QED) is 0.346. The lowest BCUT2D eigenvalue weighted by molar-refractivity contribution is -0.385. The maximum Gasteiger partial charge on any atom is 0.312 e. The lowest BCUT2D eigenvalue weighted by Gasteiger charge is -2.06. The zero-order valence-electron chi connectivity index (χ0n) is 13.3. The number of amides is 1. The Hall–Kier alpha value is -3.82. The molecule has 0 bridgehead atoms. The van der Waals surface area contributed by atoms with Gasteiger partial charge in [0.05, 0.1) is 16.3 Å². The number of nitrogens with one attached hydrogen (secondary N) is 1. The van der Waals surface area contributed by atoms with E-state index in [2.05, 4.69) is 5.32 Å². The van der Waals surface area contributed by atoms with Gasteiger partial charge in [0.2, 0.25) is 0 Å². The second-order valence-electron chi connectivity index (χ2n) is 5.03. The predicted molar refractivity (Wildman–Crippen MR) is 88.8 cm³/mol. The molecule has 1 N–H and O–H groups in total. The van der Waals surface area contributed by atoms with Gasteiger partial charge in [-0.15, -0.1) is 0 Å². The number of non-ortho nitro benzene ring substituents is 2. The molecule has 0 saturated carbocycles. The molecule has 134 valence electrons. The highest BCUT2D eigenvalue weighted by Gasteiger charge is 2.11. The highest BCUT2D eigenvalue weighted by Crippen LogP contribution is 2.17. The maximum atomic E-state index is 11.9. The first-order valence-corrected chi connectivity index (χ1v) is 7.34. The molecule has 0 atom stereocenters. The van der Waals surface area contributed by atoms with Gasteiger partial charge < -0.3 is 10.1 Å². The molecule has 10 nitrogen and oxygen atoms in total. The number of rotatable bonds is 7. The fraction of sp³-hybridized carbons (Fsp3) is 0.125. The number of ether oxygens (including phenoxy) is 1. The molecule has 2 aromatic rings. The van der Waals surface area contributed by atoms with Crippen molar-refractivity contribution in [2.24, 2.45) is 0 Å². The minimum atomic E-state index is -0.622. The monoisotopic (exact) mass is 359 g/mol. The van der Waals surface area contributed by atoms with Crippen molar-refractivity contribution in [3.8, 4) is 5.75 Å². The van der Waals surface area contributed by atoms with Crippen LogP contribution >= 0.6 is 0 Å². The Morgan fingerprint density at radius 1 is 0.885 bits per heavy atom. The van der Waals surface area contributed by atoms with Crippen LogP contribution in [0.15, 0.2) is 48.5 Å². The van der Waals surface area contributed by atoms with E-state index < -0.39 is 21.7 Å². The summed E-state index contributed by atoms with van der Waals surface area (Å²) in [5.74, 6) is -0.951. The number of hydrogen-bond acceptors (Lipinski definition) is 7. The Morgan fingerprint density at radius 3 is 1.88 bits per heavy atom. The average molecular weight is 359 g/mol. The summed E-state index contributed by atoms with van der Waals surface area (Å²) >= 11 is 0. The van der Waals surface area contributed by atoms with Crippen LogP contribution in [0.2, 0.25) is 0 Å². The van der Waals surface area contributed by atoms with Crippen LogP contribution in [0.5, 0.6) is 5.75 Å². The number of nitro benzene ring substituents is 2. The maximum absolute atomic E-state index is 11.9. The first-order valence-electron chi connectivity index (χ1n) is 7.34. The molecule has 0 saturated heterocycles. The number of carbonyl (C=O) groups is 2. The van der Waals surface area contributed by atoms with Crippen LogP contribution in [0.4, 0.5) is 11.4 Å². The van der Waals surface area contributed by atoms with E-state index in [-0.39, 0.29) is 35.7 Å². The Balaban J connectivity index is 1.79. The van der Waals surface area contributed by atoms with Crippen LogP contribution in [0.3, 0.4) is 0 Å². The second-order valence-corrected chi connectivity index (χ2v) is 5.03. The Bertz CT molecular complexity index is 832. The molecule has 1 amide bonds. The second kappa shape index (κ2) is 8.33.